The largest absolute Gasteiger partial charge is 0.399 e. The molecule has 7 heteroatoms. The Morgan fingerprint density at radius 2 is 1.95 bits per heavy atom. The van der Waals surface area contributed by atoms with Gasteiger partial charge in [-0.1, -0.05) is 0 Å². The van der Waals surface area contributed by atoms with Gasteiger partial charge in [0, 0.05) is 11.1 Å². The molecule has 3 rings (SSSR count). The molecule has 0 unspecified atom stereocenters. The van der Waals surface area contributed by atoms with Crippen molar-refractivity contribution >= 4 is 16.6 Å². The van der Waals surface area contributed by atoms with Gasteiger partial charge in [0.25, 0.3) is 0 Å². The van der Waals surface area contributed by atoms with Gasteiger partial charge in [0.1, 0.15) is 30.6 Å². The summed E-state index contributed by atoms with van der Waals surface area (Å²) in [6, 6.07) is 9.06. The first-order valence-electron chi connectivity index (χ1n) is 5.62. The number of benzene rings is 1. The van der Waals surface area contributed by atoms with Gasteiger partial charge in [-0.3, -0.25) is 4.57 Å². The summed E-state index contributed by atoms with van der Waals surface area (Å²) in [6.07, 6.45) is 2.78. The zero-order valence-electron chi connectivity index (χ0n) is 10.1. The molecular formula is C13H7N7. The molecule has 0 amide bonds. The second kappa shape index (κ2) is 4.34. The van der Waals surface area contributed by atoms with Crippen molar-refractivity contribution in [2.45, 2.75) is 0 Å². The van der Waals surface area contributed by atoms with E-state index in [-0.39, 0.29) is 11.4 Å². The molecule has 2 heterocycles. The van der Waals surface area contributed by atoms with Crippen LogP contribution in [0.4, 0.5) is 5.69 Å². The maximum atomic E-state index is 9.18. The Kier molecular flexibility index (Phi) is 2.52. The smallest absolute Gasteiger partial charge is 0.177 e. The van der Waals surface area contributed by atoms with E-state index in [1.54, 1.807) is 18.2 Å². The van der Waals surface area contributed by atoms with Gasteiger partial charge in [-0.25, -0.2) is 15.0 Å². The molecule has 0 aliphatic heterocycles. The number of nitriles is 2. The number of imidazole rings is 1. The highest BCUT2D eigenvalue weighted by Crippen LogP contribution is 2.22. The number of aromatic nitrogens is 4. The van der Waals surface area contributed by atoms with Crippen LogP contribution in [0.25, 0.3) is 16.7 Å². The maximum Gasteiger partial charge on any atom is 0.177 e. The van der Waals surface area contributed by atoms with Crippen LogP contribution in [-0.4, -0.2) is 19.5 Å². The molecule has 0 saturated carbocycles. The number of fused-ring (bicyclic) bond motifs is 1. The van der Waals surface area contributed by atoms with Gasteiger partial charge in [0.15, 0.2) is 11.4 Å². The van der Waals surface area contributed by atoms with Crippen molar-refractivity contribution in [3.05, 3.63) is 42.2 Å². The SMILES string of the molecule is N#Cc1ncn(-c2ncnc3ccc(N)cc23)c1C#N. The third kappa shape index (κ3) is 1.62. The zero-order chi connectivity index (χ0) is 14.1. The van der Waals surface area contributed by atoms with Crippen molar-refractivity contribution in [3.63, 3.8) is 0 Å². The Morgan fingerprint density at radius 1 is 1.10 bits per heavy atom. The molecular weight excluding hydrogens is 254 g/mol. The Morgan fingerprint density at radius 3 is 2.70 bits per heavy atom. The summed E-state index contributed by atoms with van der Waals surface area (Å²) in [5, 5.41) is 18.8. The van der Waals surface area contributed by atoms with E-state index >= 15 is 0 Å². The molecule has 0 fully saturated rings. The van der Waals surface area contributed by atoms with Crippen molar-refractivity contribution in [2.75, 3.05) is 5.73 Å². The van der Waals surface area contributed by atoms with Crippen LogP contribution < -0.4 is 5.73 Å². The van der Waals surface area contributed by atoms with Gasteiger partial charge in [0.2, 0.25) is 0 Å². The molecule has 0 atom stereocenters. The van der Waals surface area contributed by atoms with Gasteiger partial charge in [-0.15, -0.1) is 0 Å². The monoisotopic (exact) mass is 261 g/mol. The van der Waals surface area contributed by atoms with E-state index in [0.717, 1.165) is 0 Å². The molecule has 1 aromatic carbocycles. The lowest BCUT2D eigenvalue weighted by molar-refractivity contribution is 0.977. The van der Waals surface area contributed by atoms with Crippen molar-refractivity contribution < 1.29 is 0 Å². The molecule has 2 aromatic heterocycles. The van der Waals surface area contributed by atoms with E-state index < -0.39 is 0 Å². The highest BCUT2D eigenvalue weighted by molar-refractivity contribution is 5.88. The Hall–Kier alpha value is -3.45. The van der Waals surface area contributed by atoms with Crippen molar-refractivity contribution in [1.82, 2.24) is 19.5 Å². The summed E-state index contributed by atoms with van der Waals surface area (Å²) >= 11 is 0. The van der Waals surface area contributed by atoms with Gasteiger partial charge < -0.3 is 5.73 Å². The summed E-state index contributed by atoms with van der Waals surface area (Å²) in [6.45, 7) is 0. The second-order valence-corrected chi connectivity index (χ2v) is 4.01. The van der Waals surface area contributed by atoms with Gasteiger partial charge in [-0.05, 0) is 18.2 Å². The van der Waals surface area contributed by atoms with Crippen LogP contribution in [0.3, 0.4) is 0 Å². The fourth-order valence-corrected chi connectivity index (χ4v) is 1.95. The zero-order valence-corrected chi connectivity index (χ0v) is 10.1. The number of hydrogen-bond acceptors (Lipinski definition) is 6. The Labute approximate surface area is 113 Å². The van der Waals surface area contributed by atoms with Crippen LogP contribution in [0.1, 0.15) is 11.4 Å². The highest BCUT2D eigenvalue weighted by atomic mass is 15.1. The lowest BCUT2D eigenvalue weighted by atomic mass is 10.2. The first-order valence-corrected chi connectivity index (χ1v) is 5.62. The minimum absolute atomic E-state index is 0.0585. The molecule has 7 nitrogen and oxygen atoms in total. The number of nitrogen functional groups attached to an aromatic ring is 1. The summed E-state index contributed by atoms with van der Waals surface area (Å²) in [7, 11) is 0. The van der Waals surface area contributed by atoms with Crippen molar-refractivity contribution in [2.24, 2.45) is 0 Å². The van der Waals surface area contributed by atoms with Crippen molar-refractivity contribution in [1.29, 1.82) is 10.5 Å². The minimum Gasteiger partial charge on any atom is -0.399 e. The van der Waals surface area contributed by atoms with Gasteiger partial charge in [0.05, 0.1) is 5.52 Å². The van der Waals surface area contributed by atoms with Crippen LogP contribution in [0.2, 0.25) is 0 Å². The molecule has 3 aromatic rings. The molecule has 0 aliphatic rings. The quantitative estimate of drug-likeness (QED) is 0.656. The van der Waals surface area contributed by atoms with Gasteiger partial charge in [-0.2, -0.15) is 10.5 Å². The molecule has 2 N–H and O–H groups in total. The van der Waals surface area contributed by atoms with E-state index in [2.05, 4.69) is 15.0 Å². The Bertz CT molecular complexity index is 895. The van der Waals surface area contributed by atoms with E-state index in [1.807, 2.05) is 12.1 Å². The first kappa shape index (κ1) is 11.6. The Balaban J connectivity index is 2.36. The van der Waals surface area contributed by atoms with E-state index in [9.17, 15) is 5.26 Å². The molecule has 0 spiro atoms. The second-order valence-electron chi connectivity index (χ2n) is 4.01. The summed E-state index contributed by atoms with van der Waals surface area (Å²) in [5.41, 5.74) is 7.23. The van der Waals surface area contributed by atoms with E-state index in [1.165, 1.54) is 17.2 Å². The van der Waals surface area contributed by atoms with Crippen molar-refractivity contribution in [3.8, 4) is 18.0 Å². The maximum absolute atomic E-state index is 9.18. The molecule has 20 heavy (non-hydrogen) atoms. The van der Waals surface area contributed by atoms with Crippen LogP contribution in [0, 0.1) is 22.7 Å². The molecule has 0 saturated heterocycles. The standard InChI is InChI=1S/C13H7N7/c14-4-11-12(5-15)20(7-19-11)13-9-3-8(16)1-2-10(9)17-6-18-13/h1-3,6-7H,16H2. The summed E-state index contributed by atoms with van der Waals surface area (Å²) in [5.74, 6) is 0.466. The molecule has 94 valence electrons. The highest BCUT2D eigenvalue weighted by Gasteiger charge is 2.14. The van der Waals surface area contributed by atoms with Crippen LogP contribution in [-0.2, 0) is 0 Å². The summed E-state index contributed by atoms with van der Waals surface area (Å²) in [4.78, 5) is 12.2. The molecule has 0 bridgehead atoms. The third-order valence-corrected chi connectivity index (χ3v) is 2.85. The third-order valence-electron chi connectivity index (χ3n) is 2.85. The normalized spacial score (nSPS) is 10.1. The van der Waals surface area contributed by atoms with Gasteiger partial charge >= 0.3 is 0 Å². The summed E-state index contributed by atoms with van der Waals surface area (Å²) < 4.78 is 1.46. The first-order chi connectivity index (χ1) is 9.74. The fraction of sp³-hybridized carbons (Fsp3) is 0. The number of hydrogen-bond donors (Lipinski definition) is 1. The number of nitrogens with two attached hydrogens (primary N) is 1. The lowest BCUT2D eigenvalue weighted by Gasteiger charge is -2.07. The molecule has 0 radical (unpaired) electrons. The molecule has 0 aliphatic carbocycles. The minimum atomic E-state index is 0.0585. The number of nitrogens with zero attached hydrogens (tertiary/aromatic N) is 6. The fourth-order valence-electron chi connectivity index (χ4n) is 1.95. The predicted octanol–water partition coefficient (Wildman–Crippen LogP) is 1.14. The lowest BCUT2D eigenvalue weighted by Crippen LogP contribution is -2.02. The van der Waals surface area contributed by atoms with Crippen LogP contribution >= 0.6 is 0 Å². The topological polar surface area (TPSA) is 117 Å². The van der Waals surface area contributed by atoms with E-state index in [4.69, 9.17) is 11.0 Å². The predicted molar refractivity (Wildman–Crippen MR) is 70.5 cm³/mol. The number of anilines is 1. The number of rotatable bonds is 1. The van der Waals surface area contributed by atoms with Crippen LogP contribution in [0.5, 0.6) is 0 Å². The average molecular weight is 261 g/mol. The van der Waals surface area contributed by atoms with E-state index in [0.29, 0.717) is 22.4 Å². The average Bonchev–Trinajstić information content (AvgIpc) is 2.89. The van der Waals surface area contributed by atoms with Crippen LogP contribution in [0.15, 0.2) is 30.9 Å².